The minimum atomic E-state index is -3.46. The number of ether oxygens (including phenoxy) is 11. The van der Waals surface area contributed by atoms with Crippen molar-refractivity contribution in [3.05, 3.63) is 0 Å². The van der Waals surface area contributed by atoms with Crippen molar-refractivity contribution in [1.29, 1.82) is 0 Å². The second-order valence-electron chi connectivity index (χ2n) is 24.8. The topological polar surface area (TPSA) is 339 Å². The monoisotopic (exact) mass is 1330 g/mol. The van der Waals surface area contributed by atoms with Crippen LogP contribution in [0, 0.1) is 0 Å². The molecule has 0 radical (unpaired) electrons. The van der Waals surface area contributed by atoms with Crippen LogP contribution in [0.1, 0.15) is 287 Å². The Balaban J connectivity index is 3.47. The summed E-state index contributed by atoms with van der Waals surface area (Å²) in [5, 5.41) is 58.5. The zero-order valence-electron chi connectivity index (χ0n) is 57.6. The van der Waals surface area contributed by atoms with E-state index in [0.717, 1.165) is 57.8 Å². The normalized spacial score (nSPS) is 23.3. The summed E-state index contributed by atoms with van der Waals surface area (Å²) in [5.74, 6) is -10.4. The van der Waals surface area contributed by atoms with E-state index < -0.39 is 153 Å². The van der Waals surface area contributed by atoms with E-state index in [0.29, 0.717) is 109 Å². The molecule has 0 saturated carbocycles. The van der Waals surface area contributed by atoms with E-state index in [1.807, 2.05) is 55.4 Å². The number of aliphatic hydroxyl groups is 5. The van der Waals surface area contributed by atoms with Gasteiger partial charge in [0.05, 0.1) is 6.61 Å². The number of esters is 8. The molecule has 540 valence electrons. The molecule has 2 fully saturated rings. The van der Waals surface area contributed by atoms with Crippen molar-refractivity contribution >= 4 is 47.8 Å². The number of unbranched alkanes of at least 4 members (excludes halogenated alkanes) is 20. The van der Waals surface area contributed by atoms with Crippen molar-refractivity contribution in [2.45, 2.75) is 372 Å². The first-order valence-electron chi connectivity index (χ1n) is 35.6. The highest BCUT2D eigenvalue weighted by Crippen LogP contribution is 2.45. The second kappa shape index (κ2) is 49.9. The Morgan fingerprint density at radius 2 is 0.656 bits per heavy atom. The number of aliphatic hydroxyl groups excluding tert-OH is 5. The molecule has 93 heavy (non-hydrogen) atoms. The fraction of sp³-hybridized carbons (Fsp3) is 0.884. The fourth-order valence-corrected chi connectivity index (χ4v) is 11.0. The van der Waals surface area contributed by atoms with E-state index in [-0.39, 0.29) is 64.2 Å². The molecule has 0 aromatic carbocycles. The van der Waals surface area contributed by atoms with Gasteiger partial charge in [0.15, 0.2) is 36.6 Å². The molecule has 14 atom stereocenters. The molecule has 5 N–H and O–H groups in total. The van der Waals surface area contributed by atoms with Gasteiger partial charge in [0.1, 0.15) is 49.8 Å². The second-order valence-corrected chi connectivity index (χ2v) is 24.8. The average Bonchev–Trinajstić information content (AvgIpc) is 0.731. The molecular weight excluding hydrogens is 1210 g/mol. The van der Waals surface area contributed by atoms with E-state index in [4.69, 9.17) is 52.1 Å². The molecule has 0 aromatic heterocycles. The maximum absolute atomic E-state index is 14.8. The standard InChI is InChI=1S/C69H120O24/c1-9-17-25-27-35-43-57(78)90-65-63(88-55(76)41-33-23-15-7)61(86-53(74)39-31-21-13-5)49(46-83-51(72)37-29-19-11-3)85-68(65)93-69(66(82)60(81)59(80)48(71)45-70)67(91-58(79)44-36-28-26-18-10-2)64(89-56(77)42-34-24-16-8)62(87-54(75)40-32-22-14-6)50(92-69)47-84-52(73)38-30-20-12-4/h48-50,59-68,70-71,80-82H,9-47H2,1-8H3/t48-,49-,50-,59-,60+,61-,62-,63+,64+,65+,66?,67+,68+,69+/m1/s1. The van der Waals surface area contributed by atoms with Crippen LogP contribution in [0.25, 0.3) is 0 Å². The molecule has 0 bridgehead atoms. The maximum Gasteiger partial charge on any atom is 0.306 e. The van der Waals surface area contributed by atoms with Gasteiger partial charge < -0.3 is 77.6 Å². The Bertz CT molecular complexity index is 2090. The lowest BCUT2D eigenvalue weighted by Crippen LogP contribution is -2.76. The van der Waals surface area contributed by atoms with Gasteiger partial charge in [-0.05, 0) is 51.4 Å². The summed E-state index contributed by atoms with van der Waals surface area (Å²) >= 11 is 0. The van der Waals surface area contributed by atoms with E-state index in [1.54, 1.807) is 0 Å². The zero-order chi connectivity index (χ0) is 69.0. The van der Waals surface area contributed by atoms with Gasteiger partial charge in [0.2, 0.25) is 12.1 Å². The van der Waals surface area contributed by atoms with Crippen LogP contribution in [0.4, 0.5) is 0 Å². The smallest absolute Gasteiger partial charge is 0.306 e. The minimum absolute atomic E-state index is 0.0571. The lowest BCUT2D eigenvalue weighted by Gasteiger charge is -2.55. The first-order valence-corrected chi connectivity index (χ1v) is 35.6. The number of carbonyl (C=O) groups is 8. The van der Waals surface area contributed by atoms with Crippen LogP contribution in [0.3, 0.4) is 0 Å². The van der Waals surface area contributed by atoms with Crippen LogP contribution in [-0.2, 0) is 90.5 Å². The van der Waals surface area contributed by atoms with Gasteiger partial charge in [-0.25, -0.2) is 0 Å². The Morgan fingerprint density at radius 1 is 0.355 bits per heavy atom. The van der Waals surface area contributed by atoms with Crippen LogP contribution in [-0.4, -0.2) is 178 Å². The Kier molecular flexibility index (Phi) is 45.3. The summed E-state index contributed by atoms with van der Waals surface area (Å²) in [4.78, 5) is 114. The van der Waals surface area contributed by atoms with Crippen LogP contribution >= 0.6 is 0 Å². The predicted molar refractivity (Wildman–Crippen MR) is 341 cm³/mol. The summed E-state index contributed by atoms with van der Waals surface area (Å²) in [7, 11) is 0. The van der Waals surface area contributed by atoms with Crippen LogP contribution in [0.15, 0.2) is 0 Å². The molecule has 2 aliphatic rings. The highest BCUT2D eigenvalue weighted by atomic mass is 16.8. The lowest BCUT2D eigenvalue weighted by molar-refractivity contribution is -0.446. The molecule has 0 spiro atoms. The molecule has 2 heterocycles. The number of carbonyl (C=O) groups excluding carboxylic acids is 8. The molecule has 2 rings (SSSR count). The molecule has 1 unspecified atom stereocenters. The fourth-order valence-electron chi connectivity index (χ4n) is 11.0. The van der Waals surface area contributed by atoms with Gasteiger partial charge in [-0.2, -0.15) is 0 Å². The quantitative estimate of drug-likeness (QED) is 0.0215. The molecule has 2 saturated heterocycles. The SMILES string of the molecule is CCCCCCCC(=O)O[C@@H]1[C@H](O[C@]2(C(O)[C@@H](O)[C@H](O)[C@H](O)CO)O[C@H](COC(=O)CCCCC)[C@@H](OC(=O)CCCCC)[C@H](OC(=O)CCCCC)[C@@H]2OC(=O)CCCCCCC)O[C@H](COC(=O)CCCCC)[C@@H](OC(=O)CCCCC)[C@@H]1OC(=O)CCCCC. The molecular formula is C69H120O24. The summed E-state index contributed by atoms with van der Waals surface area (Å²) in [6.07, 6.45) is -13.9. The van der Waals surface area contributed by atoms with E-state index in [9.17, 15) is 63.9 Å². The lowest BCUT2D eigenvalue weighted by atomic mass is 9.84. The van der Waals surface area contributed by atoms with Crippen LogP contribution in [0.2, 0.25) is 0 Å². The van der Waals surface area contributed by atoms with Crippen molar-refractivity contribution < 1.29 is 116 Å². The average molecular weight is 1330 g/mol. The third-order valence-corrected chi connectivity index (χ3v) is 16.6. The summed E-state index contributed by atoms with van der Waals surface area (Å²) in [5.41, 5.74) is 0. The van der Waals surface area contributed by atoms with Gasteiger partial charge in [-0.15, -0.1) is 0 Å². The highest BCUT2D eigenvalue weighted by Gasteiger charge is 2.69. The Hall–Kier alpha value is -4.56. The van der Waals surface area contributed by atoms with Crippen molar-refractivity contribution in [3.8, 4) is 0 Å². The first-order chi connectivity index (χ1) is 44.7. The summed E-state index contributed by atoms with van der Waals surface area (Å²) < 4.78 is 70.1. The third kappa shape index (κ3) is 31.9. The summed E-state index contributed by atoms with van der Waals surface area (Å²) in [6, 6.07) is 0. The Labute approximate surface area is 553 Å². The van der Waals surface area contributed by atoms with Crippen molar-refractivity contribution in [2.24, 2.45) is 0 Å². The highest BCUT2D eigenvalue weighted by molar-refractivity contribution is 5.73. The molecule has 0 amide bonds. The molecule has 24 nitrogen and oxygen atoms in total. The van der Waals surface area contributed by atoms with Crippen molar-refractivity contribution in [1.82, 2.24) is 0 Å². The number of hydrogen-bond donors (Lipinski definition) is 5. The number of hydrogen-bond acceptors (Lipinski definition) is 24. The Morgan fingerprint density at radius 3 is 1.04 bits per heavy atom. The third-order valence-electron chi connectivity index (χ3n) is 16.6. The van der Waals surface area contributed by atoms with Gasteiger partial charge in [0, 0.05) is 51.4 Å². The largest absolute Gasteiger partial charge is 0.463 e. The molecule has 0 aliphatic carbocycles. The molecule has 24 heteroatoms. The van der Waals surface area contributed by atoms with Gasteiger partial charge >= 0.3 is 47.8 Å². The van der Waals surface area contributed by atoms with Crippen molar-refractivity contribution in [3.63, 3.8) is 0 Å². The molecule has 0 aromatic rings. The zero-order valence-corrected chi connectivity index (χ0v) is 57.6. The van der Waals surface area contributed by atoms with E-state index in [1.165, 1.54) is 0 Å². The first kappa shape index (κ1) is 84.5. The van der Waals surface area contributed by atoms with Crippen molar-refractivity contribution in [2.75, 3.05) is 19.8 Å². The van der Waals surface area contributed by atoms with Gasteiger partial charge in [0.25, 0.3) is 0 Å². The number of rotatable bonds is 53. The van der Waals surface area contributed by atoms with Gasteiger partial charge in [-0.3, -0.25) is 38.4 Å². The van der Waals surface area contributed by atoms with Gasteiger partial charge in [-0.1, -0.05) is 184 Å². The van der Waals surface area contributed by atoms with E-state index in [2.05, 4.69) is 0 Å². The van der Waals surface area contributed by atoms with E-state index >= 15 is 0 Å². The van der Waals surface area contributed by atoms with Crippen LogP contribution < -0.4 is 0 Å². The summed E-state index contributed by atoms with van der Waals surface area (Å²) in [6.45, 7) is 12.7. The predicted octanol–water partition coefficient (Wildman–Crippen LogP) is 10.0. The minimum Gasteiger partial charge on any atom is -0.463 e. The maximum atomic E-state index is 14.8. The van der Waals surface area contributed by atoms with Crippen LogP contribution in [0.5, 0.6) is 0 Å². The molecule has 2 aliphatic heterocycles.